The van der Waals surface area contributed by atoms with Crippen molar-refractivity contribution in [3.05, 3.63) is 17.5 Å². The summed E-state index contributed by atoms with van der Waals surface area (Å²) in [6.45, 7) is 2.45. The van der Waals surface area contributed by atoms with E-state index < -0.39 is 0 Å². The first-order valence-electron chi connectivity index (χ1n) is 7.56. The Labute approximate surface area is 110 Å². The maximum Gasteiger partial charge on any atom is 0.0655 e. The van der Waals surface area contributed by atoms with E-state index in [0.29, 0.717) is 5.92 Å². The van der Waals surface area contributed by atoms with Crippen LogP contribution < -0.4 is 0 Å². The molecule has 2 fully saturated rings. The third-order valence-electron chi connectivity index (χ3n) is 4.80. The van der Waals surface area contributed by atoms with Crippen molar-refractivity contribution in [1.29, 1.82) is 0 Å². The van der Waals surface area contributed by atoms with Crippen molar-refractivity contribution in [2.45, 2.75) is 56.8 Å². The largest absolute Gasteiger partial charge is 0.306 e. The number of aromatic nitrogens is 2. The second kappa shape index (κ2) is 5.43. The Morgan fingerprint density at radius 2 is 1.78 bits per heavy atom. The summed E-state index contributed by atoms with van der Waals surface area (Å²) in [7, 11) is 2.22. The molecule has 0 radical (unpaired) electrons. The summed E-state index contributed by atoms with van der Waals surface area (Å²) in [5.41, 5.74) is 2.73. The van der Waals surface area contributed by atoms with Gasteiger partial charge in [-0.2, -0.15) is 5.10 Å². The molecule has 0 bridgehead atoms. The molecule has 2 aliphatic rings. The second-order valence-corrected chi connectivity index (χ2v) is 6.16. The second-order valence-electron chi connectivity index (χ2n) is 6.16. The van der Waals surface area contributed by atoms with Crippen molar-refractivity contribution in [2.24, 2.45) is 0 Å². The van der Waals surface area contributed by atoms with Crippen LogP contribution in [0.5, 0.6) is 0 Å². The number of H-pyrrole nitrogens is 1. The molecule has 1 aliphatic carbocycles. The van der Waals surface area contributed by atoms with E-state index in [4.69, 9.17) is 0 Å². The summed E-state index contributed by atoms with van der Waals surface area (Å²) in [5.74, 6) is 1.45. The van der Waals surface area contributed by atoms with Gasteiger partial charge in [0.2, 0.25) is 0 Å². The normalized spacial score (nSPS) is 24.5. The maximum atomic E-state index is 4.60. The van der Waals surface area contributed by atoms with Crippen molar-refractivity contribution in [1.82, 2.24) is 15.1 Å². The predicted octanol–water partition coefficient (Wildman–Crippen LogP) is 3.27. The molecule has 2 heterocycles. The highest BCUT2D eigenvalue weighted by atomic mass is 15.1. The van der Waals surface area contributed by atoms with Crippen molar-refractivity contribution in [3.63, 3.8) is 0 Å². The molecule has 3 rings (SSSR count). The fraction of sp³-hybridized carbons (Fsp3) is 0.800. The van der Waals surface area contributed by atoms with Gasteiger partial charge >= 0.3 is 0 Å². The van der Waals surface area contributed by atoms with Gasteiger partial charge in [0.15, 0.2) is 0 Å². The first-order chi connectivity index (χ1) is 8.83. The zero-order chi connectivity index (χ0) is 12.4. The van der Waals surface area contributed by atoms with Crippen LogP contribution in [0.2, 0.25) is 0 Å². The molecule has 100 valence electrons. The number of hydrogen-bond donors (Lipinski definition) is 1. The fourth-order valence-corrected chi connectivity index (χ4v) is 3.49. The summed E-state index contributed by atoms with van der Waals surface area (Å²) in [6, 6.07) is 2.37. The van der Waals surface area contributed by atoms with Crippen LogP contribution in [0.25, 0.3) is 0 Å². The molecule has 1 aromatic rings. The molecule has 3 heteroatoms. The lowest BCUT2D eigenvalue weighted by Crippen LogP contribution is -2.29. The summed E-state index contributed by atoms with van der Waals surface area (Å²) in [6.07, 6.45) is 9.45. The van der Waals surface area contributed by atoms with Gasteiger partial charge in [0.1, 0.15) is 0 Å². The van der Waals surface area contributed by atoms with Crippen molar-refractivity contribution >= 4 is 0 Å². The molecule has 0 unspecified atom stereocenters. The Hall–Kier alpha value is -0.830. The van der Waals surface area contributed by atoms with Crippen LogP contribution in [0.15, 0.2) is 6.07 Å². The van der Waals surface area contributed by atoms with Crippen molar-refractivity contribution in [2.75, 3.05) is 20.1 Å². The first-order valence-corrected chi connectivity index (χ1v) is 7.56. The lowest BCUT2D eigenvalue weighted by molar-refractivity contribution is 0.253. The number of aromatic amines is 1. The minimum Gasteiger partial charge on any atom is -0.306 e. The van der Waals surface area contributed by atoms with Gasteiger partial charge in [-0.25, -0.2) is 0 Å². The van der Waals surface area contributed by atoms with Gasteiger partial charge in [-0.1, -0.05) is 19.3 Å². The number of piperidine rings is 1. The first kappa shape index (κ1) is 12.2. The van der Waals surface area contributed by atoms with Gasteiger partial charge in [-0.05, 0) is 51.9 Å². The number of likely N-dealkylation sites (tertiary alicyclic amines) is 1. The summed E-state index contributed by atoms with van der Waals surface area (Å²) >= 11 is 0. The maximum absolute atomic E-state index is 4.60. The molecular formula is C15H25N3. The summed E-state index contributed by atoms with van der Waals surface area (Å²) in [5, 5.41) is 7.91. The highest BCUT2D eigenvalue weighted by molar-refractivity contribution is 5.17. The highest BCUT2D eigenvalue weighted by Crippen LogP contribution is 2.34. The molecule has 1 aromatic heterocycles. The van der Waals surface area contributed by atoms with Crippen LogP contribution in [-0.4, -0.2) is 35.2 Å². The van der Waals surface area contributed by atoms with Crippen molar-refractivity contribution in [3.8, 4) is 0 Å². The average Bonchev–Trinajstić information content (AvgIpc) is 2.90. The van der Waals surface area contributed by atoms with Gasteiger partial charge in [0.25, 0.3) is 0 Å². The topological polar surface area (TPSA) is 31.9 Å². The lowest BCUT2D eigenvalue weighted by Gasteiger charge is -2.28. The van der Waals surface area contributed by atoms with Crippen LogP contribution >= 0.6 is 0 Å². The Balaban J connectivity index is 1.65. The Morgan fingerprint density at radius 1 is 1.06 bits per heavy atom. The molecule has 1 N–H and O–H groups in total. The predicted molar refractivity (Wildman–Crippen MR) is 73.9 cm³/mol. The van der Waals surface area contributed by atoms with Gasteiger partial charge in [-0.3, -0.25) is 5.10 Å². The highest BCUT2D eigenvalue weighted by Gasteiger charge is 2.23. The monoisotopic (exact) mass is 247 g/mol. The standard InChI is InChI=1S/C15H25N3/c1-18-9-7-13(8-10-18)15-11-14(16-17-15)12-5-3-2-4-6-12/h11-13H,2-10H2,1H3,(H,16,17). The Morgan fingerprint density at radius 3 is 2.50 bits per heavy atom. The summed E-state index contributed by atoms with van der Waals surface area (Å²) < 4.78 is 0. The van der Waals surface area contributed by atoms with E-state index in [9.17, 15) is 0 Å². The zero-order valence-electron chi connectivity index (χ0n) is 11.5. The number of rotatable bonds is 2. The molecule has 0 spiro atoms. The Kier molecular flexibility index (Phi) is 3.69. The van der Waals surface area contributed by atoms with Crippen LogP contribution in [0.3, 0.4) is 0 Å². The molecule has 1 saturated carbocycles. The molecule has 0 atom stereocenters. The van der Waals surface area contributed by atoms with E-state index in [1.54, 1.807) is 0 Å². The fourth-order valence-electron chi connectivity index (χ4n) is 3.49. The number of nitrogens with one attached hydrogen (secondary N) is 1. The van der Waals surface area contributed by atoms with E-state index in [-0.39, 0.29) is 0 Å². The van der Waals surface area contributed by atoms with E-state index in [1.165, 1.54) is 69.4 Å². The smallest absolute Gasteiger partial charge is 0.0655 e. The van der Waals surface area contributed by atoms with E-state index in [2.05, 4.69) is 28.2 Å². The van der Waals surface area contributed by atoms with Crippen LogP contribution in [0.1, 0.15) is 68.2 Å². The molecule has 1 aliphatic heterocycles. The van der Waals surface area contributed by atoms with Gasteiger partial charge < -0.3 is 4.90 Å². The third-order valence-corrected chi connectivity index (χ3v) is 4.80. The van der Waals surface area contributed by atoms with E-state index >= 15 is 0 Å². The zero-order valence-corrected chi connectivity index (χ0v) is 11.5. The Bertz CT molecular complexity index is 371. The molecule has 0 aromatic carbocycles. The minimum atomic E-state index is 0.714. The number of hydrogen-bond acceptors (Lipinski definition) is 2. The van der Waals surface area contributed by atoms with Crippen molar-refractivity contribution < 1.29 is 0 Å². The summed E-state index contributed by atoms with van der Waals surface area (Å²) in [4.78, 5) is 2.43. The third kappa shape index (κ3) is 2.61. The van der Waals surface area contributed by atoms with E-state index in [1.807, 2.05) is 0 Å². The van der Waals surface area contributed by atoms with Gasteiger partial charge in [0, 0.05) is 17.5 Å². The molecule has 3 nitrogen and oxygen atoms in total. The van der Waals surface area contributed by atoms with Gasteiger partial charge in [-0.15, -0.1) is 0 Å². The minimum absolute atomic E-state index is 0.714. The van der Waals surface area contributed by atoms with Crippen LogP contribution in [0.4, 0.5) is 0 Å². The molecular weight excluding hydrogens is 222 g/mol. The molecule has 18 heavy (non-hydrogen) atoms. The quantitative estimate of drug-likeness (QED) is 0.870. The molecule has 0 amide bonds. The number of nitrogens with zero attached hydrogens (tertiary/aromatic N) is 2. The van der Waals surface area contributed by atoms with Crippen LogP contribution in [0, 0.1) is 0 Å². The lowest BCUT2D eigenvalue weighted by atomic mass is 9.86. The van der Waals surface area contributed by atoms with E-state index in [0.717, 1.165) is 5.92 Å². The SMILES string of the molecule is CN1CCC(c2cc(C3CCCCC3)n[nH]2)CC1. The van der Waals surface area contributed by atoms with Gasteiger partial charge in [0.05, 0.1) is 5.69 Å². The average molecular weight is 247 g/mol. The molecule has 1 saturated heterocycles. The van der Waals surface area contributed by atoms with Crippen LogP contribution in [-0.2, 0) is 0 Å².